The SMILES string of the molecule is [C-]#[N+]c1ccc2c(c1)c1cccc3c1n2-c1cccc2c1B3c1ccccc1C2(c1ccccc1)c1ccccc1. The van der Waals surface area contributed by atoms with E-state index in [0.29, 0.717) is 5.69 Å². The lowest BCUT2D eigenvalue weighted by molar-refractivity contribution is 0.750. The molecular formula is C38H23BN2. The third-order valence-electron chi connectivity index (χ3n) is 9.35. The van der Waals surface area contributed by atoms with Gasteiger partial charge in [0.2, 0.25) is 6.71 Å². The maximum atomic E-state index is 7.66. The molecule has 6 aromatic carbocycles. The van der Waals surface area contributed by atoms with Crippen LogP contribution >= 0.6 is 0 Å². The van der Waals surface area contributed by atoms with Crippen LogP contribution in [-0.4, -0.2) is 11.3 Å². The molecule has 0 spiro atoms. The van der Waals surface area contributed by atoms with E-state index < -0.39 is 5.41 Å². The average molecular weight is 518 g/mol. The van der Waals surface area contributed by atoms with Crippen molar-refractivity contribution < 1.29 is 0 Å². The molecule has 0 amide bonds. The number of fused-ring (bicyclic) bond motifs is 7. The maximum Gasteiger partial charge on any atom is 0.247 e. The van der Waals surface area contributed by atoms with Crippen molar-refractivity contribution in [1.82, 2.24) is 4.57 Å². The molecular weight excluding hydrogens is 495 g/mol. The van der Waals surface area contributed by atoms with Crippen molar-refractivity contribution in [3.05, 3.63) is 173 Å². The maximum absolute atomic E-state index is 7.66. The Kier molecular flexibility index (Phi) is 4.44. The van der Waals surface area contributed by atoms with Gasteiger partial charge in [0.15, 0.2) is 5.69 Å². The molecule has 0 saturated carbocycles. The van der Waals surface area contributed by atoms with Gasteiger partial charge in [-0.05, 0) is 56.8 Å². The largest absolute Gasteiger partial charge is 0.310 e. The Bertz CT molecular complexity index is 2180. The van der Waals surface area contributed by atoms with Crippen LogP contribution in [0.3, 0.4) is 0 Å². The monoisotopic (exact) mass is 518 g/mol. The van der Waals surface area contributed by atoms with Gasteiger partial charge in [0, 0.05) is 16.6 Å². The summed E-state index contributed by atoms with van der Waals surface area (Å²) in [6.45, 7) is 7.77. The lowest BCUT2D eigenvalue weighted by Crippen LogP contribution is -2.64. The second-order valence-electron chi connectivity index (χ2n) is 11.1. The minimum atomic E-state index is -0.466. The first-order chi connectivity index (χ1) is 20.3. The van der Waals surface area contributed by atoms with Crippen LogP contribution in [-0.2, 0) is 5.41 Å². The van der Waals surface area contributed by atoms with Crippen molar-refractivity contribution in [3.8, 4) is 5.69 Å². The molecule has 3 heteroatoms. The second kappa shape index (κ2) is 8.10. The molecule has 0 unspecified atom stereocenters. The van der Waals surface area contributed by atoms with Crippen LogP contribution in [0.5, 0.6) is 0 Å². The first-order valence-electron chi connectivity index (χ1n) is 14.1. The Hall–Kier alpha value is -5.33. The predicted molar refractivity (Wildman–Crippen MR) is 170 cm³/mol. The number of nitrogens with zero attached hydrogens (tertiary/aromatic N) is 2. The van der Waals surface area contributed by atoms with E-state index in [0.717, 1.165) is 10.9 Å². The first-order valence-corrected chi connectivity index (χ1v) is 14.1. The summed E-state index contributed by atoms with van der Waals surface area (Å²) >= 11 is 0. The molecule has 3 heterocycles. The first kappa shape index (κ1) is 22.5. The van der Waals surface area contributed by atoms with E-state index >= 15 is 0 Å². The van der Waals surface area contributed by atoms with Gasteiger partial charge < -0.3 is 4.57 Å². The van der Waals surface area contributed by atoms with Gasteiger partial charge in [-0.15, -0.1) is 0 Å². The zero-order valence-electron chi connectivity index (χ0n) is 22.3. The fraction of sp³-hybridized carbons (Fsp3) is 0.0263. The van der Waals surface area contributed by atoms with Crippen molar-refractivity contribution >= 4 is 50.6 Å². The number of hydrogen-bond donors (Lipinski definition) is 0. The van der Waals surface area contributed by atoms with Gasteiger partial charge in [-0.2, -0.15) is 0 Å². The molecule has 0 N–H and O–H groups in total. The van der Waals surface area contributed by atoms with E-state index in [9.17, 15) is 0 Å². The number of aromatic nitrogens is 1. The van der Waals surface area contributed by atoms with Gasteiger partial charge in [-0.3, -0.25) is 0 Å². The number of hydrogen-bond acceptors (Lipinski definition) is 0. The number of benzene rings is 6. The van der Waals surface area contributed by atoms with Crippen LogP contribution in [0, 0.1) is 6.57 Å². The topological polar surface area (TPSA) is 9.29 Å². The van der Waals surface area contributed by atoms with Crippen molar-refractivity contribution in [3.63, 3.8) is 0 Å². The molecule has 9 rings (SSSR count). The van der Waals surface area contributed by atoms with Gasteiger partial charge in [0.25, 0.3) is 0 Å². The summed E-state index contributed by atoms with van der Waals surface area (Å²) in [6, 6.07) is 50.8. The van der Waals surface area contributed by atoms with Gasteiger partial charge >= 0.3 is 0 Å². The predicted octanol–water partition coefficient (Wildman–Crippen LogP) is 6.86. The number of rotatable bonds is 2. The molecule has 41 heavy (non-hydrogen) atoms. The van der Waals surface area contributed by atoms with E-state index in [4.69, 9.17) is 6.57 Å². The summed E-state index contributed by atoms with van der Waals surface area (Å²) in [4.78, 5) is 3.76. The summed E-state index contributed by atoms with van der Waals surface area (Å²) in [6.07, 6.45) is 0. The highest BCUT2D eigenvalue weighted by atomic mass is 15.0. The Labute approximate surface area is 239 Å². The van der Waals surface area contributed by atoms with Crippen LogP contribution in [0.1, 0.15) is 22.3 Å². The van der Waals surface area contributed by atoms with Crippen LogP contribution < -0.4 is 16.4 Å². The van der Waals surface area contributed by atoms with Crippen LogP contribution in [0.15, 0.2) is 140 Å². The minimum Gasteiger partial charge on any atom is -0.310 e. The molecule has 188 valence electrons. The van der Waals surface area contributed by atoms with Crippen LogP contribution in [0.2, 0.25) is 0 Å². The van der Waals surface area contributed by atoms with E-state index in [2.05, 4.69) is 143 Å². The molecule has 7 aromatic rings. The van der Waals surface area contributed by atoms with Crippen LogP contribution in [0.25, 0.3) is 32.3 Å². The van der Waals surface area contributed by atoms with E-state index in [-0.39, 0.29) is 6.71 Å². The lowest BCUT2D eigenvalue weighted by atomic mass is 9.29. The molecule has 0 atom stereocenters. The lowest BCUT2D eigenvalue weighted by Gasteiger charge is -2.46. The summed E-state index contributed by atoms with van der Waals surface area (Å²) < 4.78 is 2.46. The summed E-state index contributed by atoms with van der Waals surface area (Å²) in [7, 11) is 0. The van der Waals surface area contributed by atoms with Gasteiger partial charge in [-0.25, -0.2) is 4.85 Å². The van der Waals surface area contributed by atoms with Gasteiger partial charge in [-0.1, -0.05) is 127 Å². The van der Waals surface area contributed by atoms with Crippen molar-refractivity contribution in [2.45, 2.75) is 5.41 Å². The fourth-order valence-corrected chi connectivity index (χ4v) is 7.89. The Morgan fingerprint density at radius 3 is 2.00 bits per heavy atom. The number of para-hydroxylation sites is 1. The third kappa shape index (κ3) is 2.72. The average Bonchev–Trinajstić information content (AvgIpc) is 3.38. The Balaban J connectivity index is 1.52. The molecule has 0 saturated heterocycles. The van der Waals surface area contributed by atoms with E-state index in [1.165, 1.54) is 55.2 Å². The van der Waals surface area contributed by atoms with Crippen LogP contribution in [0.4, 0.5) is 5.69 Å². The third-order valence-corrected chi connectivity index (χ3v) is 9.35. The molecule has 1 aromatic heterocycles. The summed E-state index contributed by atoms with van der Waals surface area (Å²) in [5.41, 5.74) is 13.1. The zero-order valence-corrected chi connectivity index (χ0v) is 22.3. The summed E-state index contributed by atoms with van der Waals surface area (Å²) in [5, 5.41) is 2.34. The highest BCUT2D eigenvalue weighted by Crippen LogP contribution is 2.47. The zero-order chi connectivity index (χ0) is 27.1. The standard InChI is InChI=1S/C38H23BN2/c1-40-27-22-23-34-29(24-27)28-16-10-20-33-37(28)41(34)35-21-11-18-31-36(35)39(33)32-19-9-8-17-30(32)38(31,25-12-4-2-5-13-25)26-14-6-3-7-15-26/h2-24H. The molecule has 0 bridgehead atoms. The molecule has 0 fully saturated rings. The summed E-state index contributed by atoms with van der Waals surface area (Å²) in [5.74, 6) is 0. The van der Waals surface area contributed by atoms with E-state index in [1.807, 2.05) is 6.07 Å². The molecule has 2 aliphatic rings. The van der Waals surface area contributed by atoms with Gasteiger partial charge in [0.1, 0.15) is 0 Å². The molecule has 2 aliphatic heterocycles. The molecule has 0 radical (unpaired) electrons. The van der Waals surface area contributed by atoms with E-state index in [1.54, 1.807) is 0 Å². The molecule has 2 nitrogen and oxygen atoms in total. The van der Waals surface area contributed by atoms with Gasteiger partial charge in [0.05, 0.1) is 17.5 Å². The van der Waals surface area contributed by atoms with Crippen molar-refractivity contribution in [2.75, 3.05) is 0 Å². The minimum absolute atomic E-state index is 0.110. The van der Waals surface area contributed by atoms with Crippen molar-refractivity contribution in [2.24, 2.45) is 0 Å². The normalized spacial score (nSPS) is 14.0. The smallest absolute Gasteiger partial charge is 0.247 e. The Morgan fingerprint density at radius 2 is 1.24 bits per heavy atom. The fourth-order valence-electron chi connectivity index (χ4n) is 7.89. The van der Waals surface area contributed by atoms with Crippen molar-refractivity contribution in [1.29, 1.82) is 0 Å². The highest BCUT2D eigenvalue weighted by molar-refractivity contribution is 6.99. The molecule has 0 aliphatic carbocycles. The second-order valence-corrected chi connectivity index (χ2v) is 11.1. The highest BCUT2D eigenvalue weighted by Gasteiger charge is 2.50. The Morgan fingerprint density at radius 1 is 0.585 bits per heavy atom. The quantitative estimate of drug-likeness (QED) is 0.175.